The molecule has 2 heteroatoms. The molecule has 1 aromatic heterocycles. The number of hydrogen-bond donors (Lipinski definition) is 1. The molecule has 3 rings (SSSR count). The second kappa shape index (κ2) is 4.19. The van der Waals surface area contributed by atoms with Crippen molar-refractivity contribution in [2.75, 3.05) is 0 Å². The molecular weight excluding hydrogens is 208 g/mol. The maximum absolute atomic E-state index is 5.84. The molecule has 17 heavy (non-hydrogen) atoms. The van der Waals surface area contributed by atoms with Gasteiger partial charge < -0.3 is 10.3 Å². The smallest absolute Gasteiger partial charge is 0.0480 e. The highest BCUT2D eigenvalue weighted by molar-refractivity contribution is 5.80. The minimum Gasteiger partial charge on any atom is -0.347 e. The van der Waals surface area contributed by atoms with Crippen LogP contribution in [0.25, 0.3) is 10.9 Å². The fourth-order valence-corrected chi connectivity index (χ4v) is 2.49. The quantitative estimate of drug-likeness (QED) is 0.857. The molecule has 90 valence electrons. The highest BCUT2D eigenvalue weighted by atomic mass is 15.0. The fraction of sp³-hybridized carbons (Fsp3) is 0.467. The third-order valence-corrected chi connectivity index (χ3v) is 3.54. The Hall–Kier alpha value is -1.28. The molecule has 0 amide bonds. The average Bonchev–Trinajstić information content (AvgIpc) is 3.00. The number of rotatable bonds is 4. The molecule has 1 fully saturated rings. The van der Waals surface area contributed by atoms with Gasteiger partial charge in [0, 0.05) is 24.3 Å². The van der Waals surface area contributed by atoms with Crippen LogP contribution in [0.15, 0.2) is 30.5 Å². The van der Waals surface area contributed by atoms with Gasteiger partial charge >= 0.3 is 0 Å². The lowest BCUT2D eigenvalue weighted by Crippen LogP contribution is -2.17. The summed E-state index contributed by atoms with van der Waals surface area (Å²) in [6.45, 7) is 3.25. The van der Waals surface area contributed by atoms with Gasteiger partial charge in [-0.15, -0.1) is 0 Å². The van der Waals surface area contributed by atoms with Crippen molar-refractivity contribution in [2.45, 2.75) is 38.8 Å². The minimum absolute atomic E-state index is 0.237. The molecule has 1 heterocycles. The molecule has 1 aromatic carbocycles. The molecule has 1 aliphatic carbocycles. The van der Waals surface area contributed by atoms with E-state index in [0.29, 0.717) is 0 Å². The molecule has 1 aliphatic rings. The van der Waals surface area contributed by atoms with E-state index in [1.165, 1.54) is 35.9 Å². The Morgan fingerprint density at radius 3 is 2.88 bits per heavy atom. The summed E-state index contributed by atoms with van der Waals surface area (Å²) in [6, 6.07) is 9.20. The first-order chi connectivity index (χ1) is 8.22. The summed E-state index contributed by atoms with van der Waals surface area (Å²) in [7, 11) is 0. The lowest BCUT2D eigenvalue weighted by Gasteiger charge is -2.07. The normalized spacial score (nSPS) is 17.5. The van der Waals surface area contributed by atoms with E-state index >= 15 is 0 Å². The van der Waals surface area contributed by atoms with Crippen LogP contribution in [0.2, 0.25) is 0 Å². The predicted octanol–water partition coefficient (Wildman–Crippen LogP) is 2.94. The highest BCUT2D eigenvalue weighted by Gasteiger charge is 2.21. The van der Waals surface area contributed by atoms with Crippen molar-refractivity contribution in [3.63, 3.8) is 0 Å². The molecular formula is C15H20N2. The Morgan fingerprint density at radius 2 is 2.18 bits per heavy atom. The van der Waals surface area contributed by atoms with Crippen LogP contribution >= 0.6 is 0 Å². The van der Waals surface area contributed by atoms with E-state index in [1.54, 1.807) is 0 Å². The van der Waals surface area contributed by atoms with Gasteiger partial charge in [-0.3, -0.25) is 0 Å². The zero-order valence-corrected chi connectivity index (χ0v) is 10.4. The monoisotopic (exact) mass is 228 g/mol. The largest absolute Gasteiger partial charge is 0.347 e. The second-order valence-corrected chi connectivity index (χ2v) is 5.49. The van der Waals surface area contributed by atoms with Crippen LogP contribution in [-0.2, 0) is 13.0 Å². The van der Waals surface area contributed by atoms with Gasteiger partial charge in [-0.1, -0.05) is 6.07 Å². The van der Waals surface area contributed by atoms with Crippen LogP contribution < -0.4 is 5.73 Å². The summed E-state index contributed by atoms with van der Waals surface area (Å²) in [5.74, 6) is 0.925. The van der Waals surface area contributed by atoms with Crippen LogP contribution in [0.1, 0.15) is 25.3 Å². The fourth-order valence-electron chi connectivity index (χ4n) is 2.49. The van der Waals surface area contributed by atoms with E-state index in [1.807, 2.05) is 0 Å². The Labute approximate surface area is 102 Å². The van der Waals surface area contributed by atoms with Gasteiger partial charge in [0.25, 0.3) is 0 Å². The van der Waals surface area contributed by atoms with Crippen LogP contribution in [0, 0.1) is 5.92 Å². The summed E-state index contributed by atoms with van der Waals surface area (Å²) in [4.78, 5) is 0. The van der Waals surface area contributed by atoms with E-state index in [2.05, 4.69) is 42.0 Å². The van der Waals surface area contributed by atoms with Crippen molar-refractivity contribution in [1.29, 1.82) is 0 Å². The van der Waals surface area contributed by atoms with E-state index in [4.69, 9.17) is 5.73 Å². The van der Waals surface area contributed by atoms with Crippen molar-refractivity contribution in [3.05, 3.63) is 36.0 Å². The van der Waals surface area contributed by atoms with Crippen molar-refractivity contribution < 1.29 is 0 Å². The molecule has 0 aliphatic heterocycles. The standard InChI is InChI=1S/C15H20N2/c1-11(16)8-13-4-5-15-14(9-13)6-7-17(15)10-12-2-3-12/h4-7,9,11-12H,2-3,8,10,16H2,1H3. The van der Waals surface area contributed by atoms with Gasteiger partial charge in [-0.25, -0.2) is 0 Å². The zero-order valence-electron chi connectivity index (χ0n) is 10.4. The molecule has 0 radical (unpaired) electrons. The molecule has 0 saturated heterocycles. The molecule has 1 saturated carbocycles. The first kappa shape index (κ1) is 10.8. The summed E-state index contributed by atoms with van der Waals surface area (Å²) in [5.41, 5.74) is 8.55. The van der Waals surface area contributed by atoms with Crippen molar-refractivity contribution in [2.24, 2.45) is 11.7 Å². The second-order valence-electron chi connectivity index (χ2n) is 5.49. The van der Waals surface area contributed by atoms with E-state index < -0.39 is 0 Å². The molecule has 2 aromatic rings. The molecule has 0 bridgehead atoms. The minimum atomic E-state index is 0.237. The third-order valence-electron chi connectivity index (χ3n) is 3.54. The van der Waals surface area contributed by atoms with Crippen molar-refractivity contribution >= 4 is 10.9 Å². The Bertz CT molecular complexity index is 521. The predicted molar refractivity (Wildman–Crippen MR) is 72.0 cm³/mol. The highest BCUT2D eigenvalue weighted by Crippen LogP contribution is 2.32. The van der Waals surface area contributed by atoms with Crippen LogP contribution in [0.4, 0.5) is 0 Å². The van der Waals surface area contributed by atoms with Gasteiger partial charge in [0.15, 0.2) is 0 Å². The SMILES string of the molecule is CC(N)Cc1ccc2c(ccn2CC2CC2)c1. The number of benzene rings is 1. The van der Waals surface area contributed by atoms with Gasteiger partial charge in [-0.05, 0) is 61.3 Å². The van der Waals surface area contributed by atoms with Gasteiger partial charge in [0.1, 0.15) is 0 Å². The van der Waals surface area contributed by atoms with Crippen LogP contribution in [0.3, 0.4) is 0 Å². The van der Waals surface area contributed by atoms with Crippen molar-refractivity contribution in [3.8, 4) is 0 Å². The van der Waals surface area contributed by atoms with E-state index in [0.717, 1.165) is 12.3 Å². The van der Waals surface area contributed by atoms with Gasteiger partial charge in [0.05, 0.1) is 0 Å². The summed E-state index contributed by atoms with van der Waals surface area (Å²) in [5, 5.41) is 1.35. The van der Waals surface area contributed by atoms with E-state index in [9.17, 15) is 0 Å². The Morgan fingerprint density at radius 1 is 1.35 bits per heavy atom. The first-order valence-electron chi connectivity index (χ1n) is 6.56. The molecule has 2 nitrogen and oxygen atoms in total. The molecule has 0 spiro atoms. The number of nitrogens with zero attached hydrogens (tertiary/aromatic N) is 1. The first-order valence-corrected chi connectivity index (χ1v) is 6.56. The zero-order chi connectivity index (χ0) is 11.8. The van der Waals surface area contributed by atoms with Crippen LogP contribution in [-0.4, -0.2) is 10.6 Å². The van der Waals surface area contributed by atoms with Gasteiger partial charge in [-0.2, -0.15) is 0 Å². The maximum Gasteiger partial charge on any atom is 0.0480 e. The Kier molecular flexibility index (Phi) is 2.67. The topological polar surface area (TPSA) is 30.9 Å². The number of fused-ring (bicyclic) bond motifs is 1. The van der Waals surface area contributed by atoms with Gasteiger partial charge in [0.2, 0.25) is 0 Å². The summed E-state index contributed by atoms with van der Waals surface area (Å²) in [6.07, 6.45) is 5.99. The number of nitrogens with two attached hydrogens (primary N) is 1. The maximum atomic E-state index is 5.84. The third kappa shape index (κ3) is 2.37. The number of hydrogen-bond acceptors (Lipinski definition) is 1. The Balaban J connectivity index is 1.89. The molecule has 1 atom stereocenters. The summed E-state index contributed by atoms with van der Waals surface area (Å²) < 4.78 is 2.39. The van der Waals surface area contributed by atoms with E-state index in [-0.39, 0.29) is 6.04 Å². The van der Waals surface area contributed by atoms with Crippen LogP contribution in [0.5, 0.6) is 0 Å². The van der Waals surface area contributed by atoms with Crippen molar-refractivity contribution in [1.82, 2.24) is 4.57 Å². The molecule has 2 N–H and O–H groups in total. The molecule has 1 unspecified atom stereocenters. The average molecular weight is 228 g/mol. The lowest BCUT2D eigenvalue weighted by molar-refractivity contribution is 0.647. The number of aromatic nitrogens is 1. The lowest BCUT2D eigenvalue weighted by atomic mass is 10.1. The summed E-state index contributed by atoms with van der Waals surface area (Å²) >= 11 is 0.